The number of halogens is 3. The van der Waals surface area contributed by atoms with E-state index in [1.807, 2.05) is 0 Å². The van der Waals surface area contributed by atoms with E-state index >= 15 is 0 Å². The van der Waals surface area contributed by atoms with Crippen molar-refractivity contribution >= 4 is 15.8 Å². The topological polar surface area (TPSA) is 68.3 Å². The van der Waals surface area contributed by atoms with Crippen LogP contribution in [-0.4, -0.2) is 18.9 Å². The highest BCUT2D eigenvalue weighted by Gasteiger charge is 2.48. The van der Waals surface area contributed by atoms with Crippen molar-refractivity contribution < 1.29 is 25.9 Å². The van der Waals surface area contributed by atoms with Gasteiger partial charge in [-0.05, 0) is 19.1 Å². The Kier molecular flexibility index (Phi) is 3.38. The van der Waals surface area contributed by atoms with Gasteiger partial charge in [0.15, 0.2) is 0 Å². The van der Waals surface area contributed by atoms with Crippen molar-refractivity contribution in [1.82, 2.24) is 4.98 Å². The Hall–Kier alpha value is -1.35. The minimum Gasteiger partial charge on any atom is -0.259 e. The molecule has 0 spiro atoms. The number of hydrogen-bond acceptors (Lipinski definition) is 5. The summed E-state index contributed by atoms with van der Waals surface area (Å²) in [5, 5.41) is 0. The minimum atomic E-state index is -5.65. The van der Waals surface area contributed by atoms with Gasteiger partial charge in [0, 0.05) is 6.20 Å². The zero-order valence-electron chi connectivity index (χ0n) is 7.95. The van der Waals surface area contributed by atoms with Gasteiger partial charge in [0.1, 0.15) is 0 Å². The summed E-state index contributed by atoms with van der Waals surface area (Å²) in [5.41, 5.74) is -3.43. The summed E-state index contributed by atoms with van der Waals surface area (Å²) >= 11 is 0. The molecule has 0 aliphatic heterocycles. The van der Waals surface area contributed by atoms with Gasteiger partial charge in [-0.15, -0.1) is 4.28 Å². The maximum atomic E-state index is 11.9. The molecule has 0 amide bonds. The third-order valence-corrected chi connectivity index (χ3v) is 2.42. The average Bonchev–Trinajstić information content (AvgIpc) is 2.15. The Balaban J connectivity index is 2.77. The number of aromatic nitrogens is 1. The second-order valence-corrected chi connectivity index (χ2v) is 4.26. The molecule has 0 unspecified atom stereocenters. The molecule has 90 valence electrons. The fourth-order valence-electron chi connectivity index (χ4n) is 0.739. The van der Waals surface area contributed by atoms with Gasteiger partial charge in [-0.1, -0.05) is 0 Å². The number of hydrogen-bond donors (Lipinski definition) is 1. The van der Waals surface area contributed by atoms with E-state index in [1.165, 1.54) is 25.3 Å². The lowest BCUT2D eigenvalue weighted by Gasteiger charge is -2.10. The van der Waals surface area contributed by atoms with Crippen LogP contribution in [0.25, 0.3) is 0 Å². The summed E-state index contributed by atoms with van der Waals surface area (Å²) in [5.74, 6) is 0. The van der Waals surface area contributed by atoms with Crippen LogP contribution in [0, 0.1) is 6.92 Å². The number of aryl methyl sites for hydroxylation is 1. The van der Waals surface area contributed by atoms with Crippen LogP contribution in [0.2, 0.25) is 0 Å². The normalized spacial score (nSPS) is 12.5. The molecule has 5 nitrogen and oxygen atoms in total. The zero-order chi connectivity index (χ0) is 12.4. The molecule has 0 bridgehead atoms. The van der Waals surface area contributed by atoms with Gasteiger partial charge < -0.3 is 0 Å². The van der Waals surface area contributed by atoms with E-state index in [9.17, 15) is 21.6 Å². The third-order valence-electron chi connectivity index (χ3n) is 1.55. The average molecular weight is 256 g/mol. The summed E-state index contributed by atoms with van der Waals surface area (Å²) in [7, 11) is -5.65. The van der Waals surface area contributed by atoms with Crippen LogP contribution < -0.4 is 5.48 Å². The molecule has 0 aliphatic rings. The zero-order valence-corrected chi connectivity index (χ0v) is 8.76. The summed E-state index contributed by atoms with van der Waals surface area (Å²) in [6, 6.07) is 2.74. The molecule has 1 heterocycles. The van der Waals surface area contributed by atoms with Gasteiger partial charge >= 0.3 is 15.6 Å². The standard InChI is InChI=1S/C7H7F3N2O3S/c1-5-6(3-2-4-11-5)12-15-16(13,14)7(8,9)10/h2-4,12H,1H3. The summed E-state index contributed by atoms with van der Waals surface area (Å²) in [6.45, 7) is 1.48. The minimum absolute atomic E-state index is 0.0373. The Morgan fingerprint density at radius 1 is 1.44 bits per heavy atom. The predicted octanol–water partition coefficient (Wildman–Crippen LogP) is 1.58. The van der Waals surface area contributed by atoms with Gasteiger partial charge in [-0.25, -0.2) is 5.48 Å². The summed E-state index contributed by atoms with van der Waals surface area (Å²) < 4.78 is 60.2. The van der Waals surface area contributed by atoms with Crippen LogP contribution in [-0.2, 0) is 14.4 Å². The quantitative estimate of drug-likeness (QED) is 0.657. The maximum Gasteiger partial charge on any atom is 0.525 e. The van der Waals surface area contributed by atoms with Gasteiger partial charge in [-0.2, -0.15) is 21.6 Å². The largest absolute Gasteiger partial charge is 0.525 e. The Bertz CT molecular complexity index is 472. The molecule has 0 aromatic carbocycles. The highest BCUT2D eigenvalue weighted by Crippen LogP contribution is 2.25. The van der Waals surface area contributed by atoms with Crippen molar-refractivity contribution in [2.45, 2.75) is 12.4 Å². The lowest BCUT2D eigenvalue weighted by Crippen LogP contribution is -2.27. The van der Waals surface area contributed by atoms with E-state index < -0.39 is 15.6 Å². The smallest absolute Gasteiger partial charge is 0.259 e. The van der Waals surface area contributed by atoms with Crippen LogP contribution in [0.1, 0.15) is 5.69 Å². The number of nitrogens with one attached hydrogen (secondary N) is 1. The molecule has 16 heavy (non-hydrogen) atoms. The number of rotatable bonds is 3. The second kappa shape index (κ2) is 4.26. The first-order valence-corrected chi connectivity index (χ1v) is 5.32. The fourth-order valence-corrected chi connectivity index (χ4v) is 1.03. The van der Waals surface area contributed by atoms with Crippen molar-refractivity contribution in [3.8, 4) is 0 Å². The number of pyridine rings is 1. The molecule has 0 fully saturated rings. The summed E-state index contributed by atoms with van der Waals surface area (Å²) in [4.78, 5) is 3.72. The molecule has 0 radical (unpaired) electrons. The van der Waals surface area contributed by atoms with Crippen LogP contribution >= 0.6 is 0 Å². The Morgan fingerprint density at radius 2 is 2.06 bits per heavy atom. The molecule has 0 atom stereocenters. The Morgan fingerprint density at radius 3 is 2.56 bits per heavy atom. The first-order chi connectivity index (χ1) is 7.24. The lowest BCUT2D eigenvalue weighted by atomic mass is 10.3. The van der Waals surface area contributed by atoms with Crippen LogP contribution in [0.3, 0.4) is 0 Å². The molecular formula is C7H7F3N2O3S. The molecule has 0 saturated carbocycles. The van der Waals surface area contributed by atoms with E-state index in [0.717, 1.165) is 0 Å². The van der Waals surface area contributed by atoms with Crippen LogP contribution in [0.5, 0.6) is 0 Å². The molecule has 1 aromatic rings. The van der Waals surface area contributed by atoms with Crippen molar-refractivity contribution in [3.05, 3.63) is 24.0 Å². The van der Waals surface area contributed by atoms with Gasteiger partial charge in [0.2, 0.25) is 0 Å². The highest BCUT2D eigenvalue weighted by molar-refractivity contribution is 7.87. The van der Waals surface area contributed by atoms with Crippen molar-refractivity contribution in [3.63, 3.8) is 0 Å². The number of alkyl halides is 3. The van der Waals surface area contributed by atoms with E-state index in [2.05, 4.69) is 9.27 Å². The fraction of sp³-hybridized carbons (Fsp3) is 0.286. The number of nitrogens with zero attached hydrogens (tertiary/aromatic N) is 1. The van der Waals surface area contributed by atoms with Crippen molar-refractivity contribution in [1.29, 1.82) is 0 Å². The van der Waals surface area contributed by atoms with E-state index in [-0.39, 0.29) is 5.69 Å². The second-order valence-electron chi connectivity index (χ2n) is 2.72. The van der Waals surface area contributed by atoms with Crippen LogP contribution in [0.4, 0.5) is 18.9 Å². The highest BCUT2D eigenvalue weighted by atomic mass is 32.2. The van der Waals surface area contributed by atoms with Crippen molar-refractivity contribution in [2.24, 2.45) is 0 Å². The molecule has 1 N–H and O–H groups in total. The maximum absolute atomic E-state index is 11.9. The molecule has 0 saturated heterocycles. The predicted molar refractivity (Wildman–Crippen MR) is 48.7 cm³/mol. The summed E-state index contributed by atoms with van der Waals surface area (Å²) in [6.07, 6.45) is 1.40. The molecular weight excluding hydrogens is 249 g/mol. The molecule has 1 aromatic heterocycles. The molecule has 0 aliphatic carbocycles. The third kappa shape index (κ3) is 2.83. The van der Waals surface area contributed by atoms with E-state index in [4.69, 9.17) is 0 Å². The molecule has 1 rings (SSSR count). The van der Waals surface area contributed by atoms with Gasteiger partial charge in [-0.3, -0.25) is 4.98 Å². The SMILES string of the molecule is Cc1ncccc1NOS(=O)(=O)C(F)(F)F. The lowest BCUT2D eigenvalue weighted by molar-refractivity contribution is -0.0527. The van der Waals surface area contributed by atoms with E-state index in [1.54, 1.807) is 5.48 Å². The van der Waals surface area contributed by atoms with Gasteiger partial charge in [0.25, 0.3) is 0 Å². The molecule has 9 heteroatoms. The first-order valence-electron chi connectivity index (χ1n) is 3.91. The Labute approximate surface area is 89.3 Å². The van der Waals surface area contributed by atoms with Gasteiger partial charge in [0.05, 0.1) is 11.4 Å². The monoisotopic (exact) mass is 256 g/mol. The van der Waals surface area contributed by atoms with Crippen LogP contribution in [0.15, 0.2) is 18.3 Å². The first kappa shape index (κ1) is 12.7. The van der Waals surface area contributed by atoms with Crippen molar-refractivity contribution in [2.75, 3.05) is 5.48 Å². The van der Waals surface area contributed by atoms with E-state index in [0.29, 0.717) is 5.69 Å². The number of anilines is 1.